The predicted octanol–water partition coefficient (Wildman–Crippen LogP) is 3.65. The van der Waals surface area contributed by atoms with Crippen molar-refractivity contribution in [3.8, 4) is 11.5 Å². The van der Waals surface area contributed by atoms with Gasteiger partial charge in [0.2, 0.25) is 0 Å². The number of rotatable bonds is 7. The van der Waals surface area contributed by atoms with Gasteiger partial charge in [0.25, 0.3) is 5.69 Å². The number of nitro benzene ring substituents is 1. The molecule has 24 heavy (non-hydrogen) atoms. The summed E-state index contributed by atoms with van der Waals surface area (Å²) in [6, 6.07) is 11.8. The first kappa shape index (κ1) is 16.1. The Morgan fingerprint density at radius 2 is 2.12 bits per heavy atom. The van der Waals surface area contributed by atoms with Crippen LogP contribution in [-0.2, 0) is 0 Å². The molecule has 0 aliphatic rings. The lowest BCUT2D eigenvalue weighted by Gasteiger charge is -2.04. The van der Waals surface area contributed by atoms with Crippen molar-refractivity contribution in [2.24, 2.45) is 0 Å². The average Bonchev–Trinajstić information content (AvgIpc) is 3.00. The molecule has 0 spiro atoms. The molecule has 0 unspecified atom stereocenters. The molecule has 0 radical (unpaired) electrons. The average molecular weight is 345 g/mol. The van der Waals surface area contributed by atoms with Gasteiger partial charge in [0, 0.05) is 17.9 Å². The van der Waals surface area contributed by atoms with E-state index in [4.69, 9.17) is 9.47 Å². The first-order valence-electron chi connectivity index (χ1n) is 7.19. The molecule has 0 fully saturated rings. The summed E-state index contributed by atoms with van der Waals surface area (Å²) in [6.45, 7) is 0.423. The Morgan fingerprint density at radius 3 is 2.92 bits per heavy atom. The van der Waals surface area contributed by atoms with Gasteiger partial charge in [-0.1, -0.05) is 17.8 Å². The summed E-state index contributed by atoms with van der Waals surface area (Å²) in [5.74, 6) is 1.93. The number of aromatic amines is 1. The molecular weight excluding hydrogens is 330 g/mol. The number of imidazole rings is 1. The second-order valence-electron chi connectivity index (χ2n) is 4.88. The van der Waals surface area contributed by atoms with Crippen molar-refractivity contribution in [2.45, 2.75) is 5.16 Å². The molecule has 124 valence electrons. The Kier molecular flexibility index (Phi) is 4.85. The Bertz CT molecular complexity index is 865. The van der Waals surface area contributed by atoms with E-state index in [1.807, 2.05) is 18.2 Å². The van der Waals surface area contributed by atoms with Gasteiger partial charge in [0.05, 0.1) is 35.7 Å². The highest BCUT2D eigenvalue weighted by molar-refractivity contribution is 7.99. The molecule has 0 aliphatic heterocycles. The van der Waals surface area contributed by atoms with Crippen molar-refractivity contribution in [3.63, 3.8) is 0 Å². The summed E-state index contributed by atoms with van der Waals surface area (Å²) in [5, 5.41) is 11.5. The second kappa shape index (κ2) is 7.22. The number of ether oxygens (including phenoxy) is 2. The number of benzene rings is 2. The van der Waals surface area contributed by atoms with Crippen LogP contribution in [0.4, 0.5) is 5.69 Å². The molecule has 3 rings (SSSR count). The number of hydrogen-bond acceptors (Lipinski definition) is 6. The molecule has 0 amide bonds. The summed E-state index contributed by atoms with van der Waals surface area (Å²) >= 11 is 1.52. The Morgan fingerprint density at radius 1 is 1.25 bits per heavy atom. The minimum Gasteiger partial charge on any atom is -0.497 e. The van der Waals surface area contributed by atoms with Gasteiger partial charge in [-0.3, -0.25) is 10.1 Å². The highest BCUT2D eigenvalue weighted by Gasteiger charge is 2.07. The van der Waals surface area contributed by atoms with E-state index >= 15 is 0 Å². The van der Waals surface area contributed by atoms with Crippen molar-refractivity contribution in [1.82, 2.24) is 9.97 Å². The molecule has 2 aromatic carbocycles. The van der Waals surface area contributed by atoms with Crippen molar-refractivity contribution in [3.05, 3.63) is 52.6 Å². The van der Waals surface area contributed by atoms with Gasteiger partial charge in [0.1, 0.15) is 11.5 Å². The van der Waals surface area contributed by atoms with E-state index in [0.717, 1.165) is 21.9 Å². The molecule has 0 bridgehead atoms. The van der Waals surface area contributed by atoms with Crippen LogP contribution in [0.5, 0.6) is 11.5 Å². The Balaban J connectivity index is 1.55. The Hall–Kier alpha value is -2.74. The smallest absolute Gasteiger partial charge is 0.273 e. The molecule has 3 aromatic rings. The van der Waals surface area contributed by atoms with Crippen molar-refractivity contribution in [1.29, 1.82) is 0 Å². The van der Waals surface area contributed by atoms with Gasteiger partial charge in [-0.05, 0) is 18.2 Å². The number of aromatic nitrogens is 2. The first-order valence-corrected chi connectivity index (χ1v) is 8.18. The van der Waals surface area contributed by atoms with E-state index < -0.39 is 4.92 Å². The zero-order valence-electron chi connectivity index (χ0n) is 12.9. The third-order valence-corrected chi connectivity index (χ3v) is 4.12. The van der Waals surface area contributed by atoms with Crippen LogP contribution >= 0.6 is 11.8 Å². The zero-order valence-corrected chi connectivity index (χ0v) is 13.7. The number of nitro groups is 1. The fraction of sp³-hybridized carbons (Fsp3) is 0.188. The van der Waals surface area contributed by atoms with E-state index in [0.29, 0.717) is 18.1 Å². The van der Waals surface area contributed by atoms with Gasteiger partial charge in [-0.15, -0.1) is 0 Å². The molecule has 0 aliphatic carbocycles. The number of fused-ring (bicyclic) bond motifs is 1. The summed E-state index contributed by atoms with van der Waals surface area (Å²) < 4.78 is 10.7. The molecule has 0 saturated carbocycles. The van der Waals surface area contributed by atoms with Crippen LogP contribution < -0.4 is 9.47 Å². The third kappa shape index (κ3) is 3.77. The van der Waals surface area contributed by atoms with Gasteiger partial charge in [-0.25, -0.2) is 4.98 Å². The molecule has 7 nitrogen and oxygen atoms in total. The molecule has 0 atom stereocenters. The van der Waals surface area contributed by atoms with Gasteiger partial charge in [-0.2, -0.15) is 0 Å². The number of H-pyrrole nitrogens is 1. The van der Waals surface area contributed by atoms with Crippen molar-refractivity contribution in [2.75, 3.05) is 19.5 Å². The molecular formula is C16H15N3O4S. The van der Waals surface area contributed by atoms with Gasteiger partial charge < -0.3 is 14.5 Å². The number of nitrogens with one attached hydrogen (secondary N) is 1. The highest BCUT2D eigenvalue weighted by atomic mass is 32.2. The molecule has 0 saturated heterocycles. The van der Waals surface area contributed by atoms with Gasteiger partial charge in [0.15, 0.2) is 5.16 Å². The highest BCUT2D eigenvalue weighted by Crippen LogP contribution is 2.23. The number of thioether (sulfide) groups is 1. The van der Waals surface area contributed by atoms with Crippen molar-refractivity contribution >= 4 is 28.5 Å². The van der Waals surface area contributed by atoms with Crippen LogP contribution in [0.25, 0.3) is 11.0 Å². The predicted molar refractivity (Wildman–Crippen MR) is 92.0 cm³/mol. The largest absolute Gasteiger partial charge is 0.497 e. The first-order chi connectivity index (χ1) is 11.7. The monoisotopic (exact) mass is 345 g/mol. The minimum absolute atomic E-state index is 0.0198. The zero-order chi connectivity index (χ0) is 16.9. The maximum atomic E-state index is 10.7. The number of nitrogens with zero attached hydrogens (tertiary/aromatic N) is 2. The third-order valence-electron chi connectivity index (χ3n) is 3.29. The van der Waals surface area contributed by atoms with E-state index in [9.17, 15) is 10.1 Å². The fourth-order valence-corrected chi connectivity index (χ4v) is 2.85. The van der Waals surface area contributed by atoms with E-state index in [2.05, 4.69) is 9.97 Å². The second-order valence-corrected chi connectivity index (χ2v) is 5.96. The van der Waals surface area contributed by atoms with Crippen LogP contribution in [0.3, 0.4) is 0 Å². The normalized spacial score (nSPS) is 10.7. The van der Waals surface area contributed by atoms with Crippen molar-refractivity contribution < 1.29 is 14.4 Å². The van der Waals surface area contributed by atoms with E-state index in [-0.39, 0.29) is 5.69 Å². The summed E-state index contributed by atoms with van der Waals surface area (Å²) in [6.07, 6.45) is 0. The standard InChI is InChI=1S/C16H15N3O4S/c1-22-12-5-6-14-15(10-12)18-16(17-14)24-8-7-23-13-4-2-3-11(9-13)19(20)21/h2-6,9-10H,7-8H2,1H3,(H,17,18). The topological polar surface area (TPSA) is 90.3 Å². The molecule has 1 heterocycles. The lowest BCUT2D eigenvalue weighted by atomic mass is 10.3. The van der Waals surface area contributed by atoms with Gasteiger partial charge >= 0.3 is 0 Å². The SMILES string of the molecule is COc1ccc2nc(SCCOc3cccc([N+](=O)[O-])c3)[nH]c2c1. The number of methoxy groups -OCH3 is 1. The quantitative estimate of drug-likeness (QED) is 0.304. The van der Waals surface area contributed by atoms with Crippen LogP contribution in [-0.4, -0.2) is 34.4 Å². The van der Waals surface area contributed by atoms with E-state index in [1.54, 1.807) is 19.2 Å². The maximum Gasteiger partial charge on any atom is 0.273 e. The van der Waals surface area contributed by atoms with E-state index in [1.165, 1.54) is 23.9 Å². The van der Waals surface area contributed by atoms with Crippen LogP contribution in [0.15, 0.2) is 47.6 Å². The van der Waals surface area contributed by atoms with Crippen LogP contribution in [0.1, 0.15) is 0 Å². The lowest BCUT2D eigenvalue weighted by Crippen LogP contribution is -2.00. The Labute approximate surface area is 142 Å². The van der Waals surface area contributed by atoms with Crippen LogP contribution in [0, 0.1) is 10.1 Å². The maximum absolute atomic E-state index is 10.7. The summed E-state index contributed by atoms with van der Waals surface area (Å²) in [7, 11) is 1.62. The number of non-ortho nitro benzene ring substituents is 1. The molecule has 8 heteroatoms. The van der Waals surface area contributed by atoms with Crippen LogP contribution in [0.2, 0.25) is 0 Å². The lowest BCUT2D eigenvalue weighted by molar-refractivity contribution is -0.384. The molecule has 1 N–H and O–H groups in total. The summed E-state index contributed by atoms with van der Waals surface area (Å²) in [5.41, 5.74) is 1.81. The summed E-state index contributed by atoms with van der Waals surface area (Å²) in [4.78, 5) is 18.0. The number of hydrogen-bond donors (Lipinski definition) is 1. The minimum atomic E-state index is -0.440. The molecule has 1 aromatic heterocycles. The fourth-order valence-electron chi connectivity index (χ4n) is 2.15.